The van der Waals surface area contributed by atoms with Gasteiger partial charge in [-0.2, -0.15) is 5.26 Å². The van der Waals surface area contributed by atoms with Crippen LogP contribution in [0.5, 0.6) is 11.5 Å². The Kier molecular flexibility index (Phi) is 3.99. The highest BCUT2D eigenvalue weighted by atomic mass is 16.5. The van der Waals surface area contributed by atoms with E-state index in [1.54, 1.807) is 14.2 Å². The highest BCUT2D eigenvalue weighted by molar-refractivity contribution is 5.43. The molecule has 0 aliphatic heterocycles. The molecule has 0 aromatic heterocycles. The first-order valence-corrected chi connectivity index (χ1v) is 4.81. The van der Waals surface area contributed by atoms with E-state index in [1.165, 1.54) is 0 Å². The largest absolute Gasteiger partial charge is 0.493 e. The molecule has 1 aromatic carbocycles. The van der Waals surface area contributed by atoms with Gasteiger partial charge in [-0.05, 0) is 31.0 Å². The van der Waals surface area contributed by atoms with Gasteiger partial charge in [0, 0.05) is 5.92 Å². The van der Waals surface area contributed by atoms with Gasteiger partial charge in [0.2, 0.25) is 0 Å². The summed E-state index contributed by atoms with van der Waals surface area (Å²) in [4.78, 5) is 0. The van der Waals surface area contributed by atoms with Crippen LogP contribution in [0.2, 0.25) is 0 Å². The van der Waals surface area contributed by atoms with Gasteiger partial charge in [-0.3, -0.25) is 0 Å². The summed E-state index contributed by atoms with van der Waals surface area (Å²) in [5.41, 5.74) is 1.08. The zero-order valence-corrected chi connectivity index (χ0v) is 9.28. The maximum absolute atomic E-state index is 8.72. The Balaban J connectivity index is 2.89. The van der Waals surface area contributed by atoms with Gasteiger partial charge in [0.15, 0.2) is 11.5 Å². The molecule has 15 heavy (non-hydrogen) atoms. The monoisotopic (exact) mass is 205 g/mol. The number of benzene rings is 1. The van der Waals surface area contributed by atoms with Crippen molar-refractivity contribution in [3.63, 3.8) is 0 Å². The van der Waals surface area contributed by atoms with E-state index in [1.807, 2.05) is 25.1 Å². The molecule has 80 valence electrons. The minimum Gasteiger partial charge on any atom is -0.493 e. The summed E-state index contributed by atoms with van der Waals surface area (Å²) in [5, 5.41) is 8.72. The van der Waals surface area contributed by atoms with Crippen LogP contribution < -0.4 is 9.47 Å². The SMILES string of the molecule is COc1ccc(CC(C)C#N)cc1OC. The van der Waals surface area contributed by atoms with Crippen LogP contribution in [-0.2, 0) is 6.42 Å². The van der Waals surface area contributed by atoms with E-state index >= 15 is 0 Å². The van der Waals surface area contributed by atoms with Crippen LogP contribution in [0.15, 0.2) is 18.2 Å². The first-order valence-electron chi connectivity index (χ1n) is 4.81. The predicted molar refractivity (Wildman–Crippen MR) is 58.0 cm³/mol. The normalized spacial score (nSPS) is 11.6. The molecule has 0 radical (unpaired) electrons. The second-order valence-electron chi connectivity index (χ2n) is 3.42. The van der Waals surface area contributed by atoms with Gasteiger partial charge in [-0.1, -0.05) is 6.07 Å². The number of methoxy groups -OCH3 is 2. The summed E-state index contributed by atoms with van der Waals surface area (Å²) in [6.07, 6.45) is 0.733. The van der Waals surface area contributed by atoms with Gasteiger partial charge in [0.05, 0.1) is 20.3 Å². The quantitative estimate of drug-likeness (QED) is 0.758. The Morgan fingerprint density at radius 1 is 1.27 bits per heavy atom. The molecule has 0 aliphatic carbocycles. The van der Waals surface area contributed by atoms with Crippen molar-refractivity contribution in [3.05, 3.63) is 23.8 Å². The molecule has 1 atom stereocenters. The Morgan fingerprint density at radius 3 is 2.47 bits per heavy atom. The molecule has 1 unspecified atom stereocenters. The lowest BCUT2D eigenvalue weighted by Crippen LogP contribution is -1.98. The lowest BCUT2D eigenvalue weighted by Gasteiger charge is -2.09. The number of rotatable bonds is 4. The fourth-order valence-corrected chi connectivity index (χ4v) is 1.41. The molecule has 3 nitrogen and oxygen atoms in total. The van der Waals surface area contributed by atoms with E-state index in [2.05, 4.69) is 6.07 Å². The van der Waals surface area contributed by atoms with Crippen LogP contribution in [0.3, 0.4) is 0 Å². The molecule has 1 aromatic rings. The van der Waals surface area contributed by atoms with E-state index in [4.69, 9.17) is 14.7 Å². The molecule has 0 saturated heterocycles. The molecule has 0 N–H and O–H groups in total. The van der Waals surface area contributed by atoms with Gasteiger partial charge in [0.1, 0.15) is 0 Å². The number of nitriles is 1. The van der Waals surface area contributed by atoms with Gasteiger partial charge in [0.25, 0.3) is 0 Å². The van der Waals surface area contributed by atoms with E-state index in [9.17, 15) is 0 Å². The Labute approximate surface area is 90.2 Å². The summed E-state index contributed by atoms with van der Waals surface area (Å²) in [7, 11) is 3.21. The minimum atomic E-state index is 0.0168. The highest BCUT2D eigenvalue weighted by Gasteiger charge is 2.07. The Hall–Kier alpha value is -1.69. The van der Waals surface area contributed by atoms with Crippen LogP contribution in [0.1, 0.15) is 12.5 Å². The number of ether oxygens (including phenoxy) is 2. The van der Waals surface area contributed by atoms with Gasteiger partial charge in [-0.25, -0.2) is 0 Å². The zero-order valence-electron chi connectivity index (χ0n) is 9.28. The summed E-state index contributed by atoms with van der Waals surface area (Å²) in [5.74, 6) is 1.44. The lowest BCUT2D eigenvalue weighted by molar-refractivity contribution is 0.354. The Bertz CT molecular complexity index is 368. The predicted octanol–water partition coefficient (Wildman–Crippen LogP) is 2.41. The van der Waals surface area contributed by atoms with Crippen molar-refractivity contribution in [1.29, 1.82) is 5.26 Å². The second kappa shape index (κ2) is 5.26. The number of nitrogens with zero attached hydrogens (tertiary/aromatic N) is 1. The summed E-state index contributed by atoms with van der Waals surface area (Å²) >= 11 is 0. The average molecular weight is 205 g/mol. The van der Waals surface area contributed by atoms with Crippen molar-refractivity contribution < 1.29 is 9.47 Å². The fourth-order valence-electron chi connectivity index (χ4n) is 1.41. The van der Waals surface area contributed by atoms with Crippen LogP contribution in [0.25, 0.3) is 0 Å². The molecule has 0 aliphatic rings. The topological polar surface area (TPSA) is 42.2 Å². The van der Waals surface area contributed by atoms with Crippen molar-refractivity contribution in [2.24, 2.45) is 5.92 Å². The third-order valence-corrected chi connectivity index (χ3v) is 2.21. The maximum Gasteiger partial charge on any atom is 0.160 e. The summed E-state index contributed by atoms with van der Waals surface area (Å²) in [6, 6.07) is 7.93. The average Bonchev–Trinajstić information content (AvgIpc) is 2.28. The zero-order chi connectivity index (χ0) is 11.3. The van der Waals surface area contributed by atoms with Crippen LogP contribution in [0, 0.1) is 17.2 Å². The molecular weight excluding hydrogens is 190 g/mol. The number of hydrogen-bond acceptors (Lipinski definition) is 3. The van der Waals surface area contributed by atoms with Crippen LogP contribution in [0.4, 0.5) is 0 Å². The molecule has 0 bridgehead atoms. The van der Waals surface area contributed by atoms with E-state index in [0.717, 1.165) is 12.0 Å². The van der Waals surface area contributed by atoms with Gasteiger partial charge < -0.3 is 9.47 Å². The molecule has 0 amide bonds. The molecular formula is C12H15NO2. The smallest absolute Gasteiger partial charge is 0.160 e. The number of hydrogen-bond donors (Lipinski definition) is 0. The standard InChI is InChI=1S/C12H15NO2/c1-9(8-13)6-10-4-5-11(14-2)12(7-10)15-3/h4-5,7,9H,6H2,1-3H3. The minimum absolute atomic E-state index is 0.0168. The van der Waals surface area contributed by atoms with E-state index < -0.39 is 0 Å². The lowest BCUT2D eigenvalue weighted by atomic mass is 10.0. The molecule has 3 heteroatoms. The van der Waals surface area contributed by atoms with E-state index in [0.29, 0.717) is 11.5 Å². The third kappa shape index (κ3) is 2.88. The maximum atomic E-state index is 8.72. The summed E-state index contributed by atoms with van der Waals surface area (Å²) in [6.45, 7) is 1.90. The van der Waals surface area contributed by atoms with Crippen molar-refractivity contribution in [1.82, 2.24) is 0 Å². The Morgan fingerprint density at radius 2 is 1.93 bits per heavy atom. The third-order valence-electron chi connectivity index (χ3n) is 2.21. The van der Waals surface area contributed by atoms with E-state index in [-0.39, 0.29) is 5.92 Å². The second-order valence-corrected chi connectivity index (χ2v) is 3.42. The first-order chi connectivity index (χ1) is 7.21. The molecule has 0 fully saturated rings. The fraction of sp³-hybridized carbons (Fsp3) is 0.417. The van der Waals surface area contributed by atoms with Crippen molar-refractivity contribution >= 4 is 0 Å². The molecule has 1 rings (SSSR count). The highest BCUT2D eigenvalue weighted by Crippen LogP contribution is 2.28. The van der Waals surface area contributed by atoms with Crippen LogP contribution in [-0.4, -0.2) is 14.2 Å². The molecule has 0 spiro atoms. The summed E-state index contributed by atoms with van der Waals surface area (Å²) < 4.78 is 10.3. The van der Waals surface area contributed by atoms with Crippen molar-refractivity contribution in [2.45, 2.75) is 13.3 Å². The van der Waals surface area contributed by atoms with Gasteiger partial charge in [-0.15, -0.1) is 0 Å². The van der Waals surface area contributed by atoms with Crippen molar-refractivity contribution in [3.8, 4) is 17.6 Å². The molecule has 0 saturated carbocycles. The first kappa shape index (κ1) is 11.4. The molecule has 0 heterocycles. The van der Waals surface area contributed by atoms with Gasteiger partial charge >= 0.3 is 0 Å². The van der Waals surface area contributed by atoms with Crippen molar-refractivity contribution in [2.75, 3.05) is 14.2 Å². The van der Waals surface area contributed by atoms with Crippen LogP contribution >= 0.6 is 0 Å².